The van der Waals surface area contributed by atoms with Crippen molar-refractivity contribution < 1.29 is 5.11 Å². The molecule has 0 aromatic rings. The number of aliphatic hydroxyl groups excluding tert-OH is 1. The van der Waals surface area contributed by atoms with Crippen LogP contribution in [0.1, 0.15) is 27.2 Å². The highest BCUT2D eigenvalue weighted by molar-refractivity contribution is 4.84. The van der Waals surface area contributed by atoms with Gasteiger partial charge in [0.25, 0.3) is 0 Å². The standard InChI is InChI=1S/C9H18N2O/c1-9(2,3)8(4-7-12)11-6-5-10/h8,11-12H,4,6-7H2,1-3H3. The molecule has 0 aromatic carbocycles. The van der Waals surface area contributed by atoms with Crippen molar-refractivity contribution in [3.05, 3.63) is 0 Å². The van der Waals surface area contributed by atoms with Crippen molar-refractivity contribution in [2.24, 2.45) is 5.41 Å². The van der Waals surface area contributed by atoms with Gasteiger partial charge in [0.1, 0.15) is 0 Å². The Hall–Kier alpha value is -0.590. The van der Waals surface area contributed by atoms with E-state index in [1.807, 2.05) is 6.07 Å². The molecular formula is C9H18N2O. The Bertz CT molecular complexity index is 155. The quantitative estimate of drug-likeness (QED) is 0.616. The van der Waals surface area contributed by atoms with Crippen LogP contribution < -0.4 is 5.32 Å². The molecule has 2 N–H and O–H groups in total. The van der Waals surface area contributed by atoms with Gasteiger partial charge < -0.3 is 10.4 Å². The highest BCUT2D eigenvalue weighted by Gasteiger charge is 2.22. The number of nitrogens with zero attached hydrogens (tertiary/aromatic N) is 1. The van der Waals surface area contributed by atoms with Gasteiger partial charge in [-0.05, 0) is 11.8 Å². The molecule has 1 unspecified atom stereocenters. The van der Waals surface area contributed by atoms with Crippen LogP contribution in [0.3, 0.4) is 0 Å². The molecule has 0 amide bonds. The molecule has 3 heteroatoms. The molecule has 0 rings (SSSR count). The van der Waals surface area contributed by atoms with E-state index in [1.165, 1.54) is 0 Å². The van der Waals surface area contributed by atoms with Crippen molar-refractivity contribution in [2.75, 3.05) is 13.2 Å². The van der Waals surface area contributed by atoms with Crippen LogP contribution in [0.2, 0.25) is 0 Å². The van der Waals surface area contributed by atoms with Crippen molar-refractivity contribution in [1.29, 1.82) is 5.26 Å². The van der Waals surface area contributed by atoms with Crippen molar-refractivity contribution >= 4 is 0 Å². The Labute approximate surface area is 74.4 Å². The summed E-state index contributed by atoms with van der Waals surface area (Å²) >= 11 is 0. The summed E-state index contributed by atoms with van der Waals surface area (Å²) in [4.78, 5) is 0. The van der Waals surface area contributed by atoms with Gasteiger partial charge in [0.15, 0.2) is 0 Å². The van der Waals surface area contributed by atoms with Gasteiger partial charge in [0.05, 0.1) is 12.6 Å². The van der Waals surface area contributed by atoms with Crippen LogP contribution in [-0.2, 0) is 0 Å². The summed E-state index contributed by atoms with van der Waals surface area (Å²) in [5, 5.41) is 20.2. The van der Waals surface area contributed by atoms with Crippen LogP contribution in [-0.4, -0.2) is 24.3 Å². The first-order valence-electron chi connectivity index (χ1n) is 4.23. The number of aliphatic hydroxyl groups is 1. The molecule has 12 heavy (non-hydrogen) atoms. The molecule has 0 spiro atoms. The second-order valence-corrected chi connectivity index (χ2v) is 3.97. The van der Waals surface area contributed by atoms with E-state index in [0.717, 1.165) is 0 Å². The first-order valence-corrected chi connectivity index (χ1v) is 4.23. The third kappa shape index (κ3) is 4.32. The fraction of sp³-hybridized carbons (Fsp3) is 0.889. The van der Waals surface area contributed by atoms with Gasteiger partial charge in [0.2, 0.25) is 0 Å². The lowest BCUT2D eigenvalue weighted by Crippen LogP contribution is -2.41. The van der Waals surface area contributed by atoms with E-state index in [2.05, 4.69) is 26.1 Å². The SMILES string of the molecule is CC(C)(C)C(CCO)NCC#N. The summed E-state index contributed by atoms with van der Waals surface area (Å²) < 4.78 is 0. The van der Waals surface area contributed by atoms with Gasteiger partial charge in [-0.2, -0.15) is 5.26 Å². The molecule has 0 saturated heterocycles. The highest BCUT2D eigenvalue weighted by atomic mass is 16.3. The zero-order valence-corrected chi connectivity index (χ0v) is 8.09. The zero-order valence-electron chi connectivity index (χ0n) is 8.09. The van der Waals surface area contributed by atoms with E-state index in [9.17, 15) is 0 Å². The van der Waals surface area contributed by atoms with Gasteiger partial charge in [-0.1, -0.05) is 20.8 Å². The van der Waals surface area contributed by atoms with Crippen LogP contribution >= 0.6 is 0 Å². The second-order valence-electron chi connectivity index (χ2n) is 3.97. The molecule has 0 fully saturated rings. The Morgan fingerprint density at radius 1 is 1.50 bits per heavy atom. The van der Waals surface area contributed by atoms with Crippen LogP contribution in [0.25, 0.3) is 0 Å². The van der Waals surface area contributed by atoms with Crippen LogP contribution in [0.5, 0.6) is 0 Å². The molecule has 0 radical (unpaired) electrons. The van der Waals surface area contributed by atoms with Crippen molar-refractivity contribution in [1.82, 2.24) is 5.32 Å². The fourth-order valence-electron chi connectivity index (χ4n) is 1.14. The first-order chi connectivity index (χ1) is 5.52. The fourth-order valence-corrected chi connectivity index (χ4v) is 1.14. The predicted molar refractivity (Wildman–Crippen MR) is 48.6 cm³/mol. The monoisotopic (exact) mass is 170 g/mol. The smallest absolute Gasteiger partial charge is 0.0843 e. The summed E-state index contributed by atoms with van der Waals surface area (Å²) in [6.45, 7) is 6.80. The lowest BCUT2D eigenvalue weighted by molar-refractivity contribution is 0.201. The van der Waals surface area contributed by atoms with Crippen LogP contribution in [0.15, 0.2) is 0 Å². The Kier molecular flexibility index (Phi) is 4.87. The Balaban J connectivity index is 3.97. The molecule has 0 aliphatic rings. The number of nitrogens with one attached hydrogen (secondary N) is 1. The maximum absolute atomic E-state index is 8.78. The topological polar surface area (TPSA) is 56.0 Å². The minimum atomic E-state index is 0.0968. The molecule has 3 nitrogen and oxygen atoms in total. The number of rotatable bonds is 4. The van der Waals surface area contributed by atoms with E-state index < -0.39 is 0 Å². The minimum absolute atomic E-state index is 0.0968. The van der Waals surface area contributed by atoms with Crippen molar-refractivity contribution in [3.8, 4) is 6.07 Å². The van der Waals surface area contributed by atoms with Crippen molar-refractivity contribution in [3.63, 3.8) is 0 Å². The normalized spacial score (nSPS) is 13.9. The van der Waals surface area contributed by atoms with Gasteiger partial charge >= 0.3 is 0 Å². The van der Waals surface area contributed by atoms with E-state index >= 15 is 0 Å². The van der Waals surface area contributed by atoms with Crippen LogP contribution in [0, 0.1) is 16.7 Å². The van der Waals surface area contributed by atoms with Gasteiger partial charge in [-0.15, -0.1) is 0 Å². The Morgan fingerprint density at radius 3 is 2.42 bits per heavy atom. The second kappa shape index (κ2) is 5.13. The largest absolute Gasteiger partial charge is 0.396 e. The van der Waals surface area contributed by atoms with Gasteiger partial charge in [-0.25, -0.2) is 0 Å². The lowest BCUT2D eigenvalue weighted by Gasteiger charge is -2.30. The minimum Gasteiger partial charge on any atom is -0.396 e. The van der Waals surface area contributed by atoms with E-state index in [0.29, 0.717) is 13.0 Å². The summed E-state index contributed by atoms with van der Waals surface area (Å²) in [6.07, 6.45) is 0.700. The van der Waals surface area contributed by atoms with Gasteiger partial charge in [-0.3, -0.25) is 0 Å². The van der Waals surface area contributed by atoms with Crippen molar-refractivity contribution in [2.45, 2.75) is 33.2 Å². The molecule has 0 aliphatic carbocycles. The molecule has 70 valence electrons. The molecule has 0 bridgehead atoms. The summed E-state index contributed by atoms with van der Waals surface area (Å²) in [5.74, 6) is 0. The first kappa shape index (κ1) is 11.4. The maximum atomic E-state index is 8.78. The third-order valence-corrected chi connectivity index (χ3v) is 1.89. The number of hydrogen-bond donors (Lipinski definition) is 2. The lowest BCUT2D eigenvalue weighted by atomic mass is 9.85. The molecule has 0 heterocycles. The maximum Gasteiger partial charge on any atom is 0.0843 e. The summed E-state index contributed by atoms with van der Waals surface area (Å²) in [5.41, 5.74) is 0.0968. The molecule has 1 atom stereocenters. The van der Waals surface area contributed by atoms with Gasteiger partial charge in [0, 0.05) is 12.6 Å². The highest BCUT2D eigenvalue weighted by Crippen LogP contribution is 2.21. The Morgan fingerprint density at radius 2 is 2.08 bits per heavy atom. The third-order valence-electron chi connectivity index (χ3n) is 1.89. The summed E-state index contributed by atoms with van der Waals surface area (Å²) in [6, 6.07) is 2.25. The van der Waals surface area contributed by atoms with Crippen LogP contribution in [0.4, 0.5) is 0 Å². The molecule has 0 saturated carbocycles. The average molecular weight is 170 g/mol. The molecule has 0 aromatic heterocycles. The number of nitriles is 1. The number of hydrogen-bond acceptors (Lipinski definition) is 3. The predicted octanol–water partition coefficient (Wildman–Crippen LogP) is 0.897. The zero-order chi connectivity index (χ0) is 9.61. The average Bonchev–Trinajstić information content (AvgIpc) is 1.95. The molecular weight excluding hydrogens is 152 g/mol. The molecule has 0 aliphatic heterocycles. The van der Waals surface area contributed by atoms with E-state index in [4.69, 9.17) is 10.4 Å². The van der Waals surface area contributed by atoms with E-state index in [1.54, 1.807) is 0 Å². The summed E-state index contributed by atoms with van der Waals surface area (Å²) in [7, 11) is 0. The van der Waals surface area contributed by atoms with E-state index in [-0.39, 0.29) is 18.1 Å².